The molecule has 4 aliphatic rings. The van der Waals surface area contributed by atoms with E-state index in [1.54, 1.807) is 12.4 Å². The first-order valence-electron chi connectivity index (χ1n) is 12.4. The summed E-state index contributed by atoms with van der Waals surface area (Å²) >= 11 is 1.83. The smallest absolute Gasteiger partial charge is 0.351 e. The zero-order valence-corrected chi connectivity index (χ0v) is 22.3. The predicted octanol–water partition coefficient (Wildman–Crippen LogP) is 6.23. The average Bonchev–Trinajstić information content (AvgIpc) is 3.36. The first-order valence-corrected chi connectivity index (χ1v) is 14.3. The van der Waals surface area contributed by atoms with Gasteiger partial charge in [-0.2, -0.15) is 0 Å². The summed E-state index contributed by atoms with van der Waals surface area (Å²) < 4.78 is 19.6. The Kier molecular flexibility index (Phi) is 6.15. The number of halogens is 1. The van der Waals surface area contributed by atoms with Gasteiger partial charge in [-0.05, 0) is 93.5 Å². The SMILES string of the molecule is CC1=C[C@@]2(C)C(=CC1=O)CC[C@@H]1[C@@H]2CC[C@@]2(C)[C@H]1CC[C@]2(OC(=O)c1scnc1C)C(=O)SCF. The molecule has 0 spiro atoms. The lowest BCUT2D eigenvalue weighted by molar-refractivity contribution is -0.153. The molecule has 0 radical (unpaired) electrons. The normalized spacial score (nSPS) is 38.1. The lowest BCUT2D eigenvalue weighted by Crippen LogP contribution is -2.58. The minimum absolute atomic E-state index is 0.107. The molecule has 8 heteroatoms. The van der Waals surface area contributed by atoms with Crippen molar-refractivity contribution >= 4 is 40.0 Å². The molecule has 0 amide bonds. The summed E-state index contributed by atoms with van der Waals surface area (Å²) in [5, 5.41) is -0.374. The molecule has 1 heterocycles. The summed E-state index contributed by atoms with van der Waals surface area (Å²) in [4.78, 5) is 43.7. The van der Waals surface area contributed by atoms with Crippen LogP contribution >= 0.6 is 23.1 Å². The van der Waals surface area contributed by atoms with Gasteiger partial charge in [0.05, 0.1) is 11.2 Å². The van der Waals surface area contributed by atoms with Crippen LogP contribution in [0.25, 0.3) is 0 Å². The number of thiazole rings is 1. The zero-order chi connectivity index (χ0) is 25.2. The van der Waals surface area contributed by atoms with Crippen LogP contribution in [-0.2, 0) is 14.3 Å². The monoisotopic (exact) mass is 517 g/mol. The molecule has 0 N–H and O–H groups in total. The molecule has 0 unspecified atom stereocenters. The van der Waals surface area contributed by atoms with E-state index in [0.29, 0.717) is 40.6 Å². The van der Waals surface area contributed by atoms with Crippen molar-refractivity contribution in [1.29, 1.82) is 0 Å². The minimum Gasteiger partial charge on any atom is -0.445 e. The number of hydrogen-bond acceptors (Lipinski definition) is 7. The van der Waals surface area contributed by atoms with Crippen LogP contribution in [0.2, 0.25) is 0 Å². The molecule has 0 saturated heterocycles. The molecule has 3 saturated carbocycles. The van der Waals surface area contributed by atoms with E-state index >= 15 is 0 Å². The van der Waals surface area contributed by atoms with E-state index < -0.39 is 23.0 Å². The Hall–Kier alpha value is -1.80. The Labute approximate surface area is 214 Å². The van der Waals surface area contributed by atoms with Crippen LogP contribution in [-0.4, -0.2) is 33.5 Å². The molecule has 5 rings (SSSR count). The number of alkyl halides is 1. The summed E-state index contributed by atoms with van der Waals surface area (Å²) in [5.74, 6) is 0.470. The maximum absolute atomic E-state index is 13.5. The van der Waals surface area contributed by atoms with Crippen molar-refractivity contribution in [2.75, 3.05) is 6.01 Å². The van der Waals surface area contributed by atoms with Gasteiger partial charge < -0.3 is 4.74 Å². The highest BCUT2D eigenvalue weighted by atomic mass is 32.2. The number of fused-ring (bicyclic) bond motifs is 5. The second kappa shape index (κ2) is 8.65. The number of allylic oxidation sites excluding steroid dienone is 4. The number of rotatable bonds is 4. The lowest BCUT2D eigenvalue weighted by Gasteiger charge is -2.58. The highest BCUT2D eigenvalue weighted by Gasteiger charge is 2.68. The Morgan fingerprint density at radius 2 is 1.94 bits per heavy atom. The van der Waals surface area contributed by atoms with Crippen molar-refractivity contribution < 1.29 is 23.5 Å². The van der Waals surface area contributed by atoms with Gasteiger partial charge in [0.1, 0.15) is 10.9 Å². The van der Waals surface area contributed by atoms with Crippen LogP contribution in [0, 0.1) is 35.5 Å². The number of ketones is 1. The Morgan fingerprint density at radius 1 is 1.20 bits per heavy atom. The fourth-order valence-electron chi connectivity index (χ4n) is 7.90. The molecule has 4 aliphatic carbocycles. The lowest BCUT2D eigenvalue weighted by atomic mass is 9.47. The molecule has 3 fully saturated rings. The fourth-order valence-corrected chi connectivity index (χ4v) is 9.28. The molecule has 35 heavy (non-hydrogen) atoms. The van der Waals surface area contributed by atoms with Crippen LogP contribution in [0.3, 0.4) is 0 Å². The average molecular weight is 518 g/mol. The Balaban J connectivity index is 1.51. The van der Waals surface area contributed by atoms with Crippen LogP contribution in [0.5, 0.6) is 0 Å². The van der Waals surface area contributed by atoms with Crippen molar-refractivity contribution in [3.63, 3.8) is 0 Å². The predicted molar refractivity (Wildman–Crippen MR) is 135 cm³/mol. The number of thioether (sulfide) groups is 1. The van der Waals surface area contributed by atoms with Crippen molar-refractivity contribution in [3.05, 3.63) is 39.4 Å². The van der Waals surface area contributed by atoms with Gasteiger partial charge in [-0.1, -0.05) is 25.5 Å². The van der Waals surface area contributed by atoms with E-state index in [1.165, 1.54) is 16.9 Å². The van der Waals surface area contributed by atoms with Gasteiger partial charge in [-0.25, -0.2) is 14.2 Å². The molecule has 0 aliphatic heterocycles. The van der Waals surface area contributed by atoms with Crippen molar-refractivity contribution in [1.82, 2.24) is 4.98 Å². The second-order valence-electron chi connectivity index (χ2n) is 11.1. The number of aromatic nitrogens is 1. The third-order valence-corrected chi connectivity index (χ3v) is 11.3. The molecule has 0 bridgehead atoms. The van der Waals surface area contributed by atoms with Gasteiger partial charge in [0.15, 0.2) is 11.4 Å². The van der Waals surface area contributed by atoms with Crippen LogP contribution < -0.4 is 0 Å². The highest BCUT2D eigenvalue weighted by molar-refractivity contribution is 8.13. The largest absolute Gasteiger partial charge is 0.445 e. The van der Waals surface area contributed by atoms with E-state index in [9.17, 15) is 18.8 Å². The number of aryl methyl sites for hydroxylation is 1. The minimum atomic E-state index is -1.35. The summed E-state index contributed by atoms with van der Waals surface area (Å²) in [7, 11) is 0. The third-order valence-electron chi connectivity index (χ3n) is 9.69. The van der Waals surface area contributed by atoms with Gasteiger partial charge >= 0.3 is 5.97 Å². The number of hydrogen-bond donors (Lipinski definition) is 0. The molecular weight excluding hydrogens is 485 g/mol. The van der Waals surface area contributed by atoms with Gasteiger partial charge in [0, 0.05) is 10.8 Å². The van der Waals surface area contributed by atoms with Crippen LogP contribution in [0.1, 0.15) is 74.7 Å². The molecule has 188 valence electrons. The molecular formula is C27H32FNO4S2. The van der Waals surface area contributed by atoms with Crippen LogP contribution in [0.15, 0.2) is 28.8 Å². The first-order chi connectivity index (χ1) is 16.6. The van der Waals surface area contributed by atoms with Crippen molar-refractivity contribution in [2.24, 2.45) is 28.6 Å². The Morgan fingerprint density at radius 3 is 2.63 bits per heavy atom. The summed E-state index contributed by atoms with van der Waals surface area (Å²) in [6.07, 6.45) is 8.60. The molecule has 1 aromatic rings. The number of ether oxygens (including phenoxy) is 1. The molecule has 1 aromatic heterocycles. The first kappa shape index (κ1) is 24.9. The second-order valence-corrected chi connectivity index (χ2v) is 12.8. The number of esters is 1. The number of carbonyl (C=O) groups is 3. The van der Waals surface area contributed by atoms with Gasteiger partial charge in [-0.3, -0.25) is 9.59 Å². The zero-order valence-electron chi connectivity index (χ0n) is 20.7. The maximum Gasteiger partial charge on any atom is 0.351 e. The van der Waals surface area contributed by atoms with E-state index in [2.05, 4.69) is 24.9 Å². The topological polar surface area (TPSA) is 73.3 Å². The van der Waals surface area contributed by atoms with E-state index in [4.69, 9.17) is 4.74 Å². The molecule has 0 aromatic carbocycles. The standard InChI is InChI=1S/C27H32FNO4S2/c1-15-12-25(3)17(11-21(15)30)5-6-18-19(25)7-9-26(4)20(18)8-10-27(26,24(32)34-13-28)33-23(31)22-16(2)29-14-35-22/h11-12,14,18-20H,5-10,13H2,1-4H3/t18-,19+,20+,25+,26+,27+/m1/s1. The van der Waals surface area contributed by atoms with Gasteiger partial charge in [0.2, 0.25) is 5.12 Å². The van der Waals surface area contributed by atoms with Crippen molar-refractivity contribution in [2.45, 2.75) is 71.8 Å². The third kappa shape index (κ3) is 3.53. The summed E-state index contributed by atoms with van der Waals surface area (Å²) in [5.41, 5.74) is 2.12. The summed E-state index contributed by atoms with van der Waals surface area (Å²) in [6.45, 7) is 7.99. The van der Waals surface area contributed by atoms with E-state index in [-0.39, 0.29) is 22.2 Å². The fraction of sp³-hybridized carbons (Fsp3) is 0.630. The molecule has 6 atom stereocenters. The number of nitrogens with zero attached hydrogens (tertiary/aromatic N) is 1. The Bertz CT molecular complexity index is 1160. The summed E-state index contributed by atoms with van der Waals surface area (Å²) in [6, 6.07) is -0.838. The van der Waals surface area contributed by atoms with Crippen LogP contribution in [0.4, 0.5) is 4.39 Å². The van der Waals surface area contributed by atoms with Gasteiger partial charge in [-0.15, -0.1) is 11.3 Å². The van der Waals surface area contributed by atoms with Gasteiger partial charge in [0.25, 0.3) is 0 Å². The number of carbonyl (C=O) groups excluding carboxylic acids is 3. The quantitative estimate of drug-likeness (QED) is 0.441. The maximum atomic E-state index is 13.5. The van der Waals surface area contributed by atoms with E-state index in [0.717, 1.165) is 37.7 Å². The molecule has 5 nitrogen and oxygen atoms in total. The highest BCUT2D eigenvalue weighted by Crippen LogP contribution is 2.68. The van der Waals surface area contributed by atoms with E-state index in [1.807, 2.05) is 13.0 Å². The van der Waals surface area contributed by atoms with Crippen molar-refractivity contribution in [3.8, 4) is 0 Å².